The van der Waals surface area contributed by atoms with Gasteiger partial charge in [-0.25, -0.2) is 0 Å². The van der Waals surface area contributed by atoms with E-state index in [0.29, 0.717) is 13.2 Å². The van der Waals surface area contributed by atoms with Crippen LogP contribution in [0.3, 0.4) is 0 Å². The molecule has 0 aliphatic rings. The van der Waals surface area contributed by atoms with E-state index in [1.807, 2.05) is 0 Å². The van der Waals surface area contributed by atoms with Gasteiger partial charge < -0.3 is 15.2 Å². The van der Waals surface area contributed by atoms with E-state index in [2.05, 4.69) is 34.3 Å². The molecule has 104 valence electrons. The Balaban J connectivity index is 1.64. The monoisotopic (exact) mass is 297 g/mol. The van der Waals surface area contributed by atoms with E-state index in [1.165, 1.54) is 15.3 Å². The molecule has 0 fully saturated rings. The summed E-state index contributed by atoms with van der Waals surface area (Å²) in [6.07, 6.45) is 0.975. The molecule has 0 aromatic carbocycles. The van der Waals surface area contributed by atoms with Crippen LogP contribution >= 0.6 is 22.7 Å². The van der Waals surface area contributed by atoms with Crippen LogP contribution in [0, 0.1) is 0 Å². The van der Waals surface area contributed by atoms with E-state index >= 15 is 0 Å². The molecule has 0 radical (unpaired) electrons. The molecule has 0 spiro atoms. The van der Waals surface area contributed by atoms with Crippen molar-refractivity contribution in [3.05, 3.63) is 33.8 Å². The summed E-state index contributed by atoms with van der Waals surface area (Å²) in [7, 11) is 0. The summed E-state index contributed by atoms with van der Waals surface area (Å²) in [5.74, 6) is 0. The molecule has 0 aliphatic heterocycles. The Hall–Kier alpha value is -0.720. The number of ether oxygens (including phenoxy) is 1. The molecular formula is C14H19NO2S2. The van der Waals surface area contributed by atoms with Gasteiger partial charge in [0.2, 0.25) is 0 Å². The summed E-state index contributed by atoms with van der Waals surface area (Å²) in [5.41, 5.74) is 1.32. The summed E-state index contributed by atoms with van der Waals surface area (Å²) in [5, 5.41) is 16.3. The SMILES string of the molecule is OCCOCCCNCc1cc(-c2cccs2)cs1. The van der Waals surface area contributed by atoms with Crippen molar-refractivity contribution in [3.8, 4) is 10.4 Å². The molecule has 2 aromatic rings. The van der Waals surface area contributed by atoms with Crippen LogP contribution in [0.15, 0.2) is 29.0 Å². The second kappa shape index (κ2) is 8.45. The number of nitrogens with one attached hydrogen (secondary N) is 1. The van der Waals surface area contributed by atoms with E-state index in [0.717, 1.165) is 19.5 Å². The molecule has 2 rings (SSSR count). The van der Waals surface area contributed by atoms with Gasteiger partial charge in [-0.2, -0.15) is 0 Å². The van der Waals surface area contributed by atoms with E-state index in [-0.39, 0.29) is 6.61 Å². The maximum Gasteiger partial charge on any atom is 0.0697 e. The van der Waals surface area contributed by atoms with Gasteiger partial charge in [-0.3, -0.25) is 0 Å². The molecule has 0 amide bonds. The molecule has 2 heterocycles. The minimum absolute atomic E-state index is 0.105. The topological polar surface area (TPSA) is 41.5 Å². The lowest BCUT2D eigenvalue weighted by Gasteiger charge is -2.03. The largest absolute Gasteiger partial charge is 0.394 e. The van der Waals surface area contributed by atoms with E-state index in [1.54, 1.807) is 22.7 Å². The van der Waals surface area contributed by atoms with E-state index in [9.17, 15) is 0 Å². The number of hydrogen-bond acceptors (Lipinski definition) is 5. The summed E-state index contributed by atoms with van der Waals surface area (Å²) >= 11 is 3.58. The Bertz CT molecular complexity index is 454. The minimum atomic E-state index is 0.105. The fourth-order valence-electron chi connectivity index (χ4n) is 1.72. The molecule has 3 nitrogen and oxygen atoms in total. The average Bonchev–Trinajstić information content (AvgIpc) is 3.08. The third-order valence-corrected chi connectivity index (χ3v) is 4.49. The first-order valence-corrected chi connectivity index (χ1v) is 8.16. The standard InChI is InChI=1S/C14H19NO2S2/c16-5-7-17-6-2-4-15-10-13-9-12(11-19-13)14-3-1-8-18-14/h1,3,8-9,11,15-16H,2,4-7,10H2. The molecular weight excluding hydrogens is 278 g/mol. The van der Waals surface area contributed by atoms with Crippen molar-refractivity contribution < 1.29 is 9.84 Å². The van der Waals surface area contributed by atoms with Crippen LogP contribution in [0.1, 0.15) is 11.3 Å². The van der Waals surface area contributed by atoms with Crippen LogP contribution in [0.25, 0.3) is 10.4 Å². The normalized spacial score (nSPS) is 11.0. The first-order chi connectivity index (χ1) is 9.40. The van der Waals surface area contributed by atoms with Gasteiger partial charge >= 0.3 is 0 Å². The highest BCUT2D eigenvalue weighted by Gasteiger charge is 2.02. The molecule has 0 aliphatic carbocycles. The van der Waals surface area contributed by atoms with Crippen molar-refractivity contribution in [2.45, 2.75) is 13.0 Å². The van der Waals surface area contributed by atoms with Crippen LogP contribution in [-0.4, -0.2) is 31.5 Å². The molecule has 0 saturated heterocycles. The van der Waals surface area contributed by atoms with Crippen molar-refractivity contribution in [1.82, 2.24) is 5.32 Å². The van der Waals surface area contributed by atoms with Crippen molar-refractivity contribution in [1.29, 1.82) is 0 Å². The Labute approximate surface area is 121 Å². The van der Waals surface area contributed by atoms with Crippen LogP contribution in [0.2, 0.25) is 0 Å². The van der Waals surface area contributed by atoms with Gasteiger partial charge in [0.15, 0.2) is 0 Å². The van der Waals surface area contributed by atoms with Crippen LogP contribution in [0.4, 0.5) is 0 Å². The molecule has 0 bridgehead atoms. The number of hydrogen-bond donors (Lipinski definition) is 2. The van der Waals surface area contributed by atoms with Gasteiger partial charge in [-0.15, -0.1) is 22.7 Å². The summed E-state index contributed by atoms with van der Waals surface area (Å²) < 4.78 is 5.20. The van der Waals surface area contributed by atoms with Gasteiger partial charge in [0.05, 0.1) is 13.2 Å². The maximum atomic E-state index is 8.56. The predicted octanol–water partition coefficient (Wildman–Crippen LogP) is 2.97. The fourth-order valence-corrected chi connectivity index (χ4v) is 3.37. The van der Waals surface area contributed by atoms with E-state index < -0.39 is 0 Å². The van der Waals surface area contributed by atoms with Crippen LogP contribution in [-0.2, 0) is 11.3 Å². The summed E-state index contributed by atoms with van der Waals surface area (Å²) in [6.45, 7) is 3.11. The molecule has 2 N–H and O–H groups in total. The van der Waals surface area contributed by atoms with Gasteiger partial charge in [-0.1, -0.05) is 6.07 Å². The highest BCUT2D eigenvalue weighted by molar-refractivity contribution is 7.14. The number of thiophene rings is 2. The van der Waals surface area contributed by atoms with Crippen molar-refractivity contribution in [3.63, 3.8) is 0 Å². The lowest BCUT2D eigenvalue weighted by molar-refractivity contribution is 0.0907. The van der Waals surface area contributed by atoms with Gasteiger partial charge in [0.25, 0.3) is 0 Å². The number of aliphatic hydroxyl groups excluding tert-OH is 1. The second-order valence-corrected chi connectivity index (χ2v) is 6.09. The number of aliphatic hydroxyl groups is 1. The Kier molecular flexibility index (Phi) is 6.53. The molecule has 5 heteroatoms. The van der Waals surface area contributed by atoms with Crippen LogP contribution in [0.5, 0.6) is 0 Å². The first kappa shape index (κ1) is 14.7. The van der Waals surface area contributed by atoms with Crippen molar-refractivity contribution >= 4 is 22.7 Å². The first-order valence-electron chi connectivity index (χ1n) is 6.41. The zero-order valence-electron chi connectivity index (χ0n) is 10.8. The van der Waals surface area contributed by atoms with Crippen molar-refractivity contribution in [2.24, 2.45) is 0 Å². The van der Waals surface area contributed by atoms with E-state index in [4.69, 9.17) is 9.84 Å². The summed E-state index contributed by atoms with van der Waals surface area (Å²) in [4.78, 5) is 2.69. The molecule has 0 atom stereocenters. The Morgan fingerprint density at radius 1 is 1.26 bits per heavy atom. The zero-order chi connectivity index (χ0) is 13.3. The minimum Gasteiger partial charge on any atom is -0.394 e. The van der Waals surface area contributed by atoms with Gasteiger partial charge in [0.1, 0.15) is 0 Å². The third-order valence-electron chi connectivity index (χ3n) is 2.64. The predicted molar refractivity (Wildman–Crippen MR) is 81.9 cm³/mol. The lowest BCUT2D eigenvalue weighted by atomic mass is 10.2. The second-order valence-electron chi connectivity index (χ2n) is 4.15. The average molecular weight is 297 g/mol. The van der Waals surface area contributed by atoms with Crippen molar-refractivity contribution in [2.75, 3.05) is 26.4 Å². The maximum absolute atomic E-state index is 8.56. The lowest BCUT2D eigenvalue weighted by Crippen LogP contribution is -2.16. The smallest absolute Gasteiger partial charge is 0.0697 e. The third kappa shape index (κ3) is 5.04. The molecule has 0 unspecified atom stereocenters. The van der Waals surface area contributed by atoms with Gasteiger partial charge in [-0.05, 0) is 35.9 Å². The fraction of sp³-hybridized carbons (Fsp3) is 0.429. The Morgan fingerprint density at radius 2 is 2.21 bits per heavy atom. The quantitative estimate of drug-likeness (QED) is 0.699. The van der Waals surface area contributed by atoms with Crippen LogP contribution < -0.4 is 5.32 Å². The molecule has 2 aromatic heterocycles. The highest BCUT2D eigenvalue weighted by atomic mass is 32.1. The molecule has 19 heavy (non-hydrogen) atoms. The zero-order valence-corrected chi connectivity index (χ0v) is 12.4. The highest BCUT2D eigenvalue weighted by Crippen LogP contribution is 2.29. The summed E-state index contributed by atoms with van der Waals surface area (Å²) in [6, 6.07) is 6.50. The number of rotatable bonds is 9. The van der Waals surface area contributed by atoms with Gasteiger partial charge in [0, 0.05) is 28.5 Å². The Morgan fingerprint density at radius 3 is 3.00 bits per heavy atom. The molecule has 0 saturated carbocycles.